The van der Waals surface area contributed by atoms with E-state index < -0.39 is 35.8 Å². The van der Waals surface area contributed by atoms with Crippen molar-refractivity contribution in [3.8, 4) is 5.75 Å². The number of carboxylic acid groups (broad SMARTS) is 1. The summed E-state index contributed by atoms with van der Waals surface area (Å²) in [4.78, 5) is 10.7. The van der Waals surface area contributed by atoms with Crippen molar-refractivity contribution in [3.05, 3.63) is 29.8 Å². The van der Waals surface area contributed by atoms with Crippen LogP contribution in [0.15, 0.2) is 24.3 Å². The summed E-state index contributed by atoms with van der Waals surface area (Å²) in [5.74, 6) is -2.13. The lowest BCUT2D eigenvalue weighted by Crippen LogP contribution is -2.45. The van der Waals surface area contributed by atoms with E-state index in [1.165, 1.54) is 12.1 Å². The molecule has 0 radical (unpaired) electrons. The highest BCUT2D eigenvalue weighted by molar-refractivity contribution is 5.76. The van der Waals surface area contributed by atoms with E-state index in [-0.39, 0.29) is 13.1 Å². The number of rotatable bonds is 8. The molecule has 0 amide bonds. The van der Waals surface area contributed by atoms with Gasteiger partial charge in [0.05, 0.1) is 0 Å². The van der Waals surface area contributed by atoms with Crippen molar-refractivity contribution in [3.63, 3.8) is 0 Å². The molecule has 1 rings (SSSR count). The van der Waals surface area contributed by atoms with Crippen LogP contribution in [0.2, 0.25) is 0 Å². The molecule has 2 atom stereocenters. The van der Waals surface area contributed by atoms with E-state index in [0.29, 0.717) is 5.56 Å². The molecule has 1 aromatic rings. The van der Waals surface area contributed by atoms with Gasteiger partial charge in [-0.1, -0.05) is 12.1 Å². The van der Waals surface area contributed by atoms with E-state index >= 15 is 0 Å². The van der Waals surface area contributed by atoms with Crippen LogP contribution in [0.4, 0.5) is 26.3 Å². The Balaban J connectivity index is 2.64. The van der Waals surface area contributed by atoms with Crippen LogP contribution in [0.25, 0.3) is 0 Å². The van der Waals surface area contributed by atoms with Gasteiger partial charge in [-0.25, -0.2) is 9.18 Å². The van der Waals surface area contributed by atoms with Gasteiger partial charge in [0, 0.05) is 13.1 Å². The number of nitrogens with one attached hydrogen (secondary N) is 1. The van der Waals surface area contributed by atoms with E-state index in [0.717, 1.165) is 19.1 Å². The number of ether oxygens (including phenoxy) is 1. The largest absolute Gasteiger partial charge is 0.479 e. The summed E-state index contributed by atoms with van der Waals surface area (Å²) in [7, 11) is 0. The third-order valence-electron chi connectivity index (χ3n) is 3.02. The van der Waals surface area contributed by atoms with Gasteiger partial charge in [0.25, 0.3) is 6.17 Å². The predicted molar refractivity (Wildman–Crippen MR) is 72.9 cm³/mol. The molecule has 0 heterocycles. The number of aliphatic hydroxyl groups is 1. The van der Waals surface area contributed by atoms with Crippen molar-refractivity contribution in [2.75, 3.05) is 6.54 Å². The van der Waals surface area contributed by atoms with E-state index in [1.807, 2.05) is 0 Å². The van der Waals surface area contributed by atoms with Crippen molar-refractivity contribution in [1.29, 1.82) is 0 Å². The summed E-state index contributed by atoms with van der Waals surface area (Å²) >= 11 is 0. The second-order valence-corrected chi connectivity index (χ2v) is 5.39. The fraction of sp³-hybridized carbons (Fsp3) is 0.500. The molecule has 142 valence electrons. The quantitative estimate of drug-likeness (QED) is 0.609. The molecule has 25 heavy (non-hydrogen) atoms. The topological polar surface area (TPSA) is 78.8 Å². The molecule has 0 bridgehead atoms. The summed E-state index contributed by atoms with van der Waals surface area (Å²) < 4.78 is 78.7. The van der Waals surface area contributed by atoms with Crippen LogP contribution in [0.3, 0.4) is 0 Å². The minimum Gasteiger partial charge on any atom is -0.479 e. The molecule has 0 spiro atoms. The van der Waals surface area contributed by atoms with Crippen LogP contribution in [-0.4, -0.2) is 46.8 Å². The second-order valence-electron chi connectivity index (χ2n) is 5.39. The fourth-order valence-electron chi connectivity index (χ4n) is 1.60. The number of hydrogen-bond acceptors (Lipinski definition) is 4. The number of benzene rings is 1. The van der Waals surface area contributed by atoms with Gasteiger partial charge in [0.15, 0.2) is 5.60 Å². The Kier molecular flexibility index (Phi) is 6.29. The number of aliphatic carboxylic acids is 1. The zero-order valence-electron chi connectivity index (χ0n) is 12.8. The lowest BCUT2D eigenvalue weighted by Gasteiger charge is -2.23. The molecule has 0 aliphatic heterocycles. The standard InChI is InChI=1S/C14H15F6NO4/c1-12(24,11(22)23)7-21-6-8-2-4-9(5-3-8)25-14(19,20)10(15)13(16,17)18/h2-5,10,21,24H,6-7H2,1H3,(H,22,23). The van der Waals surface area contributed by atoms with Gasteiger partial charge in [-0.3, -0.25) is 0 Å². The molecule has 2 unspecified atom stereocenters. The molecule has 5 nitrogen and oxygen atoms in total. The van der Waals surface area contributed by atoms with Gasteiger partial charge in [0.2, 0.25) is 0 Å². The maximum absolute atomic E-state index is 13.1. The number of carboxylic acids is 1. The average Bonchev–Trinajstić information content (AvgIpc) is 2.46. The summed E-state index contributed by atoms with van der Waals surface area (Å²) in [5.41, 5.74) is -1.58. The zero-order valence-corrected chi connectivity index (χ0v) is 12.8. The van der Waals surface area contributed by atoms with Crippen molar-refractivity contribution < 1.29 is 46.1 Å². The molecule has 0 saturated carbocycles. The van der Waals surface area contributed by atoms with E-state index in [1.54, 1.807) is 0 Å². The lowest BCUT2D eigenvalue weighted by atomic mass is 10.1. The van der Waals surface area contributed by atoms with Crippen molar-refractivity contribution in [2.45, 2.75) is 37.5 Å². The summed E-state index contributed by atoms with van der Waals surface area (Å²) in [6, 6.07) is 4.22. The van der Waals surface area contributed by atoms with Crippen LogP contribution in [0.5, 0.6) is 5.75 Å². The molecule has 3 N–H and O–H groups in total. The van der Waals surface area contributed by atoms with Crippen LogP contribution < -0.4 is 10.1 Å². The first kappa shape index (κ1) is 21.0. The highest BCUT2D eigenvalue weighted by Gasteiger charge is 2.59. The third kappa shape index (κ3) is 6.09. The molecule has 11 heteroatoms. The van der Waals surface area contributed by atoms with Gasteiger partial charge in [0.1, 0.15) is 5.75 Å². The Morgan fingerprint density at radius 2 is 1.72 bits per heavy atom. The number of halogens is 6. The van der Waals surface area contributed by atoms with E-state index in [9.17, 15) is 36.2 Å². The molecule has 0 fully saturated rings. The minimum absolute atomic E-state index is 0.0361. The Morgan fingerprint density at radius 1 is 1.20 bits per heavy atom. The number of hydrogen-bond donors (Lipinski definition) is 3. The highest BCUT2D eigenvalue weighted by atomic mass is 19.4. The Bertz CT molecular complexity index is 588. The van der Waals surface area contributed by atoms with Gasteiger partial charge < -0.3 is 20.3 Å². The third-order valence-corrected chi connectivity index (χ3v) is 3.02. The second kappa shape index (κ2) is 7.48. The molecular weight excluding hydrogens is 360 g/mol. The predicted octanol–water partition coefficient (Wildman–Crippen LogP) is 2.48. The molecule has 0 aromatic heterocycles. The number of alkyl halides is 6. The summed E-state index contributed by atoms with van der Waals surface area (Å²) in [6.45, 7) is 0.789. The van der Waals surface area contributed by atoms with Crippen LogP contribution >= 0.6 is 0 Å². The smallest absolute Gasteiger partial charge is 0.439 e. The number of carbonyl (C=O) groups is 1. The molecule has 0 saturated heterocycles. The summed E-state index contributed by atoms with van der Waals surface area (Å²) in [5, 5.41) is 20.8. The van der Waals surface area contributed by atoms with Gasteiger partial charge >= 0.3 is 18.3 Å². The van der Waals surface area contributed by atoms with Crippen LogP contribution in [0, 0.1) is 0 Å². The first-order valence-electron chi connectivity index (χ1n) is 6.79. The van der Waals surface area contributed by atoms with Gasteiger partial charge in [-0.05, 0) is 24.6 Å². The van der Waals surface area contributed by atoms with Gasteiger partial charge in [-0.2, -0.15) is 22.0 Å². The zero-order chi connectivity index (χ0) is 19.5. The van der Waals surface area contributed by atoms with Gasteiger partial charge in [-0.15, -0.1) is 0 Å². The molecular formula is C14H15F6NO4. The summed E-state index contributed by atoms with van der Waals surface area (Å²) in [6.07, 6.45) is -15.3. The first-order chi connectivity index (χ1) is 11.3. The first-order valence-corrected chi connectivity index (χ1v) is 6.79. The normalized spacial score (nSPS) is 16.2. The molecule has 0 aliphatic carbocycles. The van der Waals surface area contributed by atoms with Crippen LogP contribution in [0.1, 0.15) is 12.5 Å². The highest BCUT2D eigenvalue weighted by Crippen LogP contribution is 2.36. The molecule has 1 aromatic carbocycles. The Hall–Kier alpha value is -2.01. The lowest BCUT2D eigenvalue weighted by molar-refractivity contribution is -0.304. The minimum atomic E-state index is -5.77. The van der Waals surface area contributed by atoms with Crippen molar-refractivity contribution in [2.24, 2.45) is 0 Å². The molecule has 0 aliphatic rings. The monoisotopic (exact) mass is 375 g/mol. The van der Waals surface area contributed by atoms with Crippen molar-refractivity contribution >= 4 is 5.97 Å². The average molecular weight is 375 g/mol. The van der Waals surface area contributed by atoms with E-state index in [4.69, 9.17) is 5.11 Å². The maximum Gasteiger partial charge on any atom is 0.439 e. The van der Waals surface area contributed by atoms with Crippen LogP contribution in [-0.2, 0) is 11.3 Å². The van der Waals surface area contributed by atoms with Crippen molar-refractivity contribution in [1.82, 2.24) is 5.32 Å². The fourth-order valence-corrected chi connectivity index (χ4v) is 1.60. The van der Waals surface area contributed by atoms with E-state index in [2.05, 4.69) is 10.1 Å². The SMILES string of the molecule is CC(O)(CNCc1ccc(OC(F)(F)C(F)C(F)(F)F)cc1)C(=O)O. The Labute approximate surface area is 138 Å². The maximum atomic E-state index is 13.1. The Morgan fingerprint density at radius 3 is 2.16 bits per heavy atom.